The molecule has 90 valence electrons. The molecule has 0 bridgehead atoms. The van der Waals surface area contributed by atoms with Gasteiger partial charge in [-0.3, -0.25) is 0 Å². The first-order valence-electron chi connectivity index (χ1n) is 5.99. The van der Waals surface area contributed by atoms with Gasteiger partial charge in [0.25, 0.3) is 0 Å². The van der Waals surface area contributed by atoms with Gasteiger partial charge in [-0.15, -0.1) is 0 Å². The Morgan fingerprint density at radius 3 is 2.88 bits per heavy atom. The van der Waals surface area contributed by atoms with Crippen molar-refractivity contribution in [3.8, 4) is 0 Å². The molecule has 1 aromatic heterocycles. The van der Waals surface area contributed by atoms with Crippen LogP contribution in [0.25, 0.3) is 10.9 Å². The molecule has 0 saturated heterocycles. The largest absolute Gasteiger partial charge is 0.380 e. The van der Waals surface area contributed by atoms with Crippen molar-refractivity contribution >= 4 is 16.7 Å². The lowest BCUT2D eigenvalue weighted by Crippen LogP contribution is -2.22. The molecule has 1 N–H and O–H groups in total. The van der Waals surface area contributed by atoms with E-state index in [-0.39, 0.29) is 6.04 Å². The Morgan fingerprint density at radius 1 is 1.24 bits per heavy atom. The summed E-state index contributed by atoms with van der Waals surface area (Å²) in [4.78, 5) is 4.56. The van der Waals surface area contributed by atoms with E-state index in [1.165, 1.54) is 0 Å². The summed E-state index contributed by atoms with van der Waals surface area (Å²) in [6.45, 7) is 5.54. The summed E-state index contributed by atoms with van der Waals surface area (Å²) >= 11 is 0. The average Bonchev–Trinajstić information content (AvgIpc) is 2.36. The van der Waals surface area contributed by atoms with Crippen molar-refractivity contribution in [1.29, 1.82) is 0 Å². The highest BCUT2D eigenvalue weighted by atomic mass is 16.5. The van der Waals surface area contributed by atoms with E-state index in [2.05, 4.69) is 29.4 Å². The molecule has 0 amide bonds. The second-order valence-corrected chi connectivity index (χ2v) is 4.09. The topological polar surface area (TPSA) is 34.1 Å². The van der Waals surface area contributed by atoms with E-state index in [9.17, 15) is 0 Å². The van der Waals surface area contributed by atoms with Crippen LogP contribution in [-0.4, -0.2) is 24.2 Å². The van der Waals surface area contributed by atoms with Gasteiger partial charge in [0.15, 0.2) is 0 Å². The zero-order chi connectivity index (χ0) is 12.1. The highest BCUT2D eigenvalue weighted by Gasteiger charge is 2.03. The third-order valence-corrected chi connectivity index (χ3v) is 2.56. The number of nitrogens with one attached hydrogen (secondary N) is 1. The van der Waals surface area contributed by atoms with Gasteiger partial charge in [-0.25, -0.2) is 4.98 Å². The summed E-state index contributed by atoms with van der Waals surface area (Å²) in [5.74, 6) is 0.899. The summed E-state index contributed by atoms with van der Waals surface area (Å²) in [7, 11) is 0. The van der Waals surface area contributed by atoms with E-state index in [0.717, 1.165) is 23.3 Å². The van der Waals surface area contributed by atoms with Crippen LogP contribution in [0.15, 0.2) is 36.4 Å². The van der Waals surface area contributed by atoms with Crippen LogP contribution in [0.3, 0.4) is 0 Å². The number of para-hydroxylation sites is 1. The minimum Gasteiger partial charge on any atom is -0.380 e. The lowest BCUT2D eigenvalue weighted by Gasteiger charge is -2.14. The van der Waals surface area contributed by atoms with Crippen LogP contribution in [-0.2, 0) is 4.74 Å². The average molecular weight is 230 g/mol. The van der Waals surface area contributed by atoms with Gasteiger partial charge in [-0.05, 0) is 32.0 Å². The van der Waals surface area contributed by atoms with Crippen LogP contribution in [0.5, 0.6) is 0 Å². The molecule has 0 aliphatic carbocycles. The number of anilines is 1. The molecular formula is C14H18N2O. The van der Waals surface area contributed by atoms with Gasteiger partial charge < -0.3 is 10.1 Å². The minimum absolute atomic E-state index is 0.267. The van der Waals surface area contributed by atoms with E-state index in [4.69, 9.17) is 4.74 Å². The number of rotatable bonds is 5. The first-order chi connectivity index (χ1) is 8.29. The fourth-order valence-corrected chi connectivity index (χ4v) is 1.74. The second kappa shape index (κ2) is 5.64. The van der Waals surface area contributed by atoms with Crippen LogP contribution < -0.4 is 5.32 Å². The molecule has 3 heteroatoms. The molecule has 0 radical (unpaired) electrons. The van der Waals surface area contributed by atoms with Gasteiger partial charge >= 0.3 is 0 Å². The van der Waals surface area contributed by atoms with Crippen molar-refractivity contribution in [2.45, 2.75) is 19.9 Å². The molecule has 0 aliphatic heterocycles. The van der Waals surface area contributed by atoms with Gasteiger partial charge in [0.2, 0.25) is 0 Å². The van der Waals surface area contributed by atoms with Gasteiger partial charge in [0, 0.05) is 18.0 Å². The SMILES string of the molecule is CCOCC(C)Nc1ccc2ccccc2n1. The molecular weight excluding hydrogens is 212 g/mol. The summed E-state index contributed by atoms with van der Waals surface area (Å²) in [5.41, 5.74) is 1.01. The van der Waals surface area contributed by atoms with Gasteiger partial charge in [-0.1, -0.05) is 18.2 Å². The van der Waals surface area contributed by atoms with Crippen molar-refractivity contribution in [2.24, 2.45) is 0 Å². The molecule has 1 heterocycles. The van der Waals surface area contributed by atoms with E-state index >= 15 is 0 Å². The number of nitrogens with zero attached hydrogens (tertiary/aromatic N) is 1. The summed E-state index contributed by atoms with van der Waals surface area (Å²) in [5, 5.41) is 4.50. The molecule has 0 fully saturated rings. The first kappa shape index (κ1) is 11.9. The van der Waals surface area contributed by atoms with Crippen LogP contribution >= 0.6 is 0 Å². The highest BCUT2D eigenvalue weighted by Crippen LogP contribution is 2.14. The number of aromatic nitrogens is 1. The third kappa shape index (κ3) is 3.17. The molecule has 3 nitrogen and oxygen atoms in total. The first-order valence-corrected chi connectivity index (χ1v) is 5.99. The van der Waals surface area contributed by atoms with E-state index in [1.54, 1.807) is 0 Å². The number of pyridine rings is 1. The van der Waals surface area contributed by atoms with Gasteiger partial charge in [0.1, 0.15) is 5.82 Å². The smallest absolute Gasteiger partial charge is 0.126 e. The van der Waals surface area contributed by atoms with Crippen LogP contribution in [0, 0.1) is 0 Å². The second-order valence-electron chi connectivity index (χ2n) is 4.09. The number of hydrogen-bond acceptors (Lipinski definition) is 3. The molecule has 17 heavy (non-hydrogen) atoms. The van der Waals surface area contributed by atoms with Crippen molar-refractivity contribution in [1.82, 2.24) is 4.98 Å². The lowest BCUT2D eigenvalue weighted by molar-refractivity contribution is 0.141. The normalized spacial score (nSPS) is 12.6. The zero-order valence-corrected chi connectivity index (χ0v) is 10.3. The molecule has 0 spiro atoms. The van der Waals surface area contributed by atoms with Gasteiger partial charge in [0.05, 0.1) is 12.1 Å². The maximum absolute atomic E-state index is 5.36. The Balaban J connectivity index is 2.08. The number of fused-ring (bicyclic) bond motifs is 1. The van der Waals surface area contributed by atoms with Crippen LogP contribution in [0.2, 0.25) is 0 Å². The van der Waals surface area contributed by atoms with Crippen molar-refractivity contribution < 1.29 is 4.74 Å². The summed E-state index contributed by atoms with van der Waals surface area (Å²) in [6, 6.07) is 12.5. The number of ether oxygens (including phenoxy) is 1. The molecule has 2 aromatic rings. The maximum Gasteiger partial charge on any atom is 0.126 e. The third-order valence-electron chi connectivity index (χ3n) is 2.56. The van der Waals surface area contributed by atoms with Crippen molar-refractivity contribution in [2.75, 3.05) is 18.5 Å². The number of benzene rings is 1. The molecule has 0 aliphatic rings. The summed E-state index contributed by atoms with van der Waals surface area (Å²) in [6.07, 6.45) is 0. The van der Waals surface area contributed by atoms with E-state index < -0.39 is 0 Å². The van der Waals surface area contributed by atoms with Crippen LogP contribution in [0.4, 0.5) is 5.82 Å². The molecule has 1 aromatic carbocycles. The predicted molar refractivity (Wildman–Crippen MR) is 71.3 cm³/mol. The van der Waals surface area contributed by atoms with Crippen molar-refractivity contribution in [3.05, 3.63) is 36.4 Å². The Bertz CT molecular complexity index is 484. The fraction of sp³-hybridized carbons (Fsp3) is 0.357. The molecule has 2 rings (SSSR count). The van der Waals surface area contributed by atoms with E-state index in [0.29, 0.717) is 6.61 Å². The fourth-order valence-electron chi connectivity index (χ4n) is 1.74. The zero-order valence-electron chi connectivity index (χ0n) is 10.3. The Labute approximate surface area is 102 Å². The minimum atomic E-state index is 0.267. The predicted octanol–water partition coefficient (Wildman–Crippen LogP) is 3.07. The molecule has 1 unspecified atom stereocenters. The van der Waals surface area contributed by atoms with Gasteiger partial charge in [-0.2, -0.15) is 0 Å². The van der Waals surface area contributed by atoms with E-state index in [1.807, 2.05) is 31.2 Å². The summed E-state index contributed by atoms with van der Waals surface area (Å²) < 4.78 is 5.36. The monoisotopic (exact) mass is 230 g/mol. The Hall–Kier alpha value is -1.61. The van der Waals surface area contributed by atoms with Crippen molar-refractivity contribution in [3.63, 3.8) is 0 Å². The van der Waals surface area contributed by atoms with Crippen LogP contribution in [0.1, 0.15) is 13.8 Å². The molecule has 0 saturated carbocycles. The Kier molecular flexibility index (Phi) is 3.94. The maximum atomic E-state index is 5.36. The number of hydrogen-bond donors (Lipinski definition) is 1. The highest BCUT2D eigenvalue weighted by molar-refractivity contribution is 5.80. The Morgan fingerprint density at radius 2 is 2.06 bits per heavy atom. The quantitative estimate of drug-likeness (QED) is 0.857. The standard InChI is InChI=1S/C14H18N2O/c1-3-17-10-11(2)15-14-9-8-12-6-4-5-7-13(12)16-14/h4-9,11H,3,10H2,1-2H3,(H,15,16). The lowest BCUT2D eigenvalue weighted by atomic mass is 10.2. The molecule has 1 atom stereocenters.